The number of nitrogens with one attached hydrogen (secondary N) is 1. The lowest BCUT2D eigenvalue weighted by Gasteiger charge is -2.11. The van der Waals surface area contributed by atoms with Gasteiger partial charge in [0.05, 0.1) is 10.6 Å². The smallest absolute Gasteiger partial charge is 0.257 e. The topological polar surface area (TPSA) is 68.0 Å². The van der Waals surface area contributed by atoms with Crippen molar-refractivity contribution < 1.29 is 9.21 Å². The lowest BCUT2D eigenvalue weighted by Crippen LogP contribution is -2.13. The van der Waals surface area contributed by atoms with Crippen molar-refractivity contribution in [2.75, 3.05) is 5.32 Å². The number of halogens is 2. The molecule has 0 radical (unpaired) electrons. The molecular formula is C20H13Cl2N3O2. The zero-order chi connectivity index (χ0) is 19.0. The summed E-state index contributed by atoms with van der Waals surface area (Å²) in [6.07, 6.45) is 1.66. The van der Waals surface area contributed by atoms with E-state index in [0.717, 1.165) is 11.1 Å². The van der Waals surface area contributed by atoms with Crippen molar-refractivity contribution in [2.24, 2.45) is 0 Å². The zero-order valence-corrected chi connectivity index (χ0v) is 15.7. The van der Waals surface area contributed by atoms with Gasteiger partial charge in [0.25, 0.3) is 5.91 Å². The Kier molecular flexibility index (Phi) is 4.56. The molecule has 0 unspecified atom stereocenters. The highest BCUT2D eigenvalue weighted by Gasteiger charge is 2.15. The summed E-state index contributed by atoms with van der Waals surface area (Å²) in [7, 11) is 0. The van der Waals surface area contributed by atoms with E-state index in [2.05, 4.69) is 15.3 Å². The minimum Gasteiger partial charge on any atom is -0.434 e. The number of aromatic nitrogens is 2. The minimum atomic E-state index is -0.345. The highest BCUT2D eigenvalue weighted by Crippen LogP contribution is 2.28. The van der Waals surface area contributed by atoms with E-state index < -0.39 is 0 Å². The van der Waals surface area contributed by atoms with Crippen molar-refractivity contribution in [3.05, 3.63) is 75.9 Å². The predicted molar refractivity (Wildman–Crippen MR) is 106 cm³/mol. The summed E-state index contributed by atoms with van der Waals surface area (Å²) < 4.78 is 5.75. The Morgan fingerprint density at radius 3 is 2.78 bits per heavy atom. The third-order valence-electron chi connectivity index (χ3n) is 4.07. The van der Waals surface area contributed by atoms with Crippen LogP contribution in [0, 0.1) is 6.92 Å². The van der Waals surface area contributed by atoms with Crippen LogP contribution in [0.3, 0.4) is 0 Å². The zero-order valence-electron chi connectivity index (χ0n) is 14.2. The van der Waals surface area contributed by atoms with E-state index in [1.807, 2.05) is 19.1 Å². The molecule has 1 N–H and O–H groups in total. The molecule has 0 bridgehead atoms. The summed E-state index contributed by atoms with van der Waals surface area (Å²) in [6, 6.07) is 13.9. The van der Waals surface area contributed by atoms with E-state index in [-0.39, 0.29) is 5.91 Å². The largest absolute Gasteiger partial charge is 0.434 e. The molecule has 5 nitrogen and oxygen atoms in total. The molecule has 1 amide bonds. The van der Waals surface area contributed by atoms with Gasteiger partial charge in [0.2, 0.25) is 5.89 Å². The SMILES string of the molecule is Cc1ccc(-c2nc3ncccc3o2)cc1NC(=O)c1cc(Cl)ccc1Cl. The number of benzene rings is 2. The Labute approximate surface area is 165 Å². The Bertz CT molecular complexity index is 1140. The number of hydrogen-bond donors (Lipinski definition) is 1. The highest BCUT2D eigenvalue weighted by molar-refractivity contribution is 6.36. The van der Waals surface area contributed by atoms with Gasteiger partial charge in [0.1, 0.15) is 0 Å². The van der Waals surface area contributed by atoms with Gasteiger partial charge >= 0.3 is 0 Å². The summed E-state index contributed by atoms with van der Waals surface area (Å²) in [4.78, 5) is 21.2. The van der Waals surface area contributed by atoms with Crippen LogP contribution in [0.15, 0.2) is 59.1 Å². The molecule has 0 saturated heterocycles. The second-order valence-corrected chi connectivity index (χ2v) is 6.80. The number of anilines is 1. The van der Waals surface area contributed by atoms with E-state index >= 15 is 0 Å². The van der Waals surface area contributed by atoms with Gasteiger partial charge in [-0.2, -0.15) is 4.98 Å². The Morgan fingerprint density at radius 1 is 1.11 bits per heavy atom. The molecule has 0 fully saturated rings. The van der Waals surface area contributed by atoms with Gasteiger partial charge in [-0.15, -0.1) is 0 Å². The number of aryl methyl sites for hydroxylation is 1. The van der Waals surface area contributed by atoms with Crippen molar-refractivity contribution >= 4 is 46.0 Å². The number of oxazole rings is 1. The van der Waals surface area contributed by atoms with Crippen LogP contribution in [-0.2, 0) is 0 Å². The first-order valence-corrected chi connectivity index (χ1v) is 8.86. The summed E-state index contributed by atoms with van der Waals surface area (Å²) >= 11 is 12.1. The molecule has 2 aromatic heterocycles. The van der Waals surface area contributed by atoms with Crippen LogP contribution in [0.1, 0.15) is 15.9 Å². The molecule has 0 spiro atoms. The van der Waals surface area contributed by atoms with Gasteiger partial charge in [0.15, 0.2) is 11.2 Å². The molecule has 4 aromatic rings. The average Bonchev–Trinajstić information content (AvgIpc) is 3.09. The van der Waals surface area contributed by atoms with Crippen LogP contribution < -0.4 is 5.32 Å². The highest BCUT2D eigenvalue weighted by atomic mass is 35.5. The number of fused-ring (bicyclic) bond motifs is 1. The maximum Gasteiger partial charge on any atom is 0.257 e. The lowest BCUT2D eigenvalue weighted by molar-refractivity contribution is 0.102. The van der Waals surface area contributed by atoms with Crippen molar-refractivity contribution in [1.29, 1.82) is 0 Å². The molecule has 2 aromatic carbocycles. The van der Waals surface area contributed by atoms with Crippen molar-refractivity contribution in [3.63, 3.8) is 0 Å². The molecule has 27 heavy (non-hydrogen) atoms. The molecule has 2 heterocycles. The molecule has 7 heteroatoms. The average molecular weight is 398 g/mol. The van der Waals surface area contributed by atoms with Crippen LogP contribution in [0.5, 0.6) is 0 Å². The first-order chi connectivity index (χ1) is 13.0. The first kappa shape index (κ1) is 17.5. The summed E-state index contributed by atoms with van der Waals surface area (Å²) in [6.45, 7) is 1.90. The second kappa shape index (κ2) is 7.02. The minimum absolute atomic E-state index is 0.306. The third-order valence-corrected chi connectivity index (χ3v) is 4.64. The molecule has 4 rings (SSSR count). The van der Waals surface area contributed by atoms with Crippen LogP contribution in [0.2, 0.25) is 10.0 Å². The molecule has 0 aliphatic rings. The molecule has 0 aliphatic carbocycles. The first-order valence-electron chi connectivity index (χ1n) is 8.10. The Morgan fingerprint density at radius 2 is 1.96 bits per heavy atom. The van der Waals surface area contributed by atoms with Gasteiger partial charge in [-0.05, 0) is 55.0 Å². The van der Waals surface area contributed by atoms with Gasteiger partial charge in [-0.25, -0.2) is 4.98 Å². The molecule has 0 saturated carbocycles. The number of hydrogen-bond acceptors (Lipinski definition) is 4. The van der Waals surface area contributed by atoms with Crippen LogP contribution >= 0.6 is 23.2 Å². The monoisotopic (exact) mass is 397 g/mol. The number of pyridine rings is 1. The number of amides is 1. The predicted octanol–water partition coefficient (Wildman–Crippen LogP) is 5.76. The van der Waals surface area contributed by atoms with Gasteiger partial charge in [-0.3, -0.25) is 4.79 Å². The van der Waals surface area contributed by atoms with E-state index in [1.165, 1.54) is 6.07 Å². The van der Waals surface area contributed by atoms with Crippen LogP contribution in [-0.4, -0.2) is 15.9 Å². The van der Waals surface area contributed by atoms with E-state index in [4.69, 9.17) is 27.6 Å². The number of nitrogens with zero attached hydrogens (tertiary/aromatic N) is 2. The molecule has 134 valence electrons. The van der Waals surface area contributed by atoms with Gasteiger partial charge < -0.3 is 9.73 Å². The fourth-order valence-electron chi connectivity index (χ4n) is 2.64. The van der Waals surface area contributed by atoms with E-state index in [1.54, 1.807) is 36.5 Å². The molecule has 0 aliphatic heterocycles. The summed E-state index contributed by atoms with van der Waals surface area (Å²) in [5, 5.41) is 3.64. The number of rotatable bonds is 3. The third kappa shape index (κ3) is 3.52. The van der Waals surface area contributed by atoms with Gasteiger partial charge in [-0.1, -0.05) is 29.3 Å². The standard InChI is InChI=1S/C20H13Cl2N3O2/c1-11-4-5-12(20-25-18-17(27-20)3-2-8-23-18)9-16(11)24-19(26)14-10-13(21)6-7-15(14)22/h2-10H,1H3,(H,24,26). The quantitative estimate of drug-likeness (QED) is 0.477. The summed E-state index contributed by atoms with van der Waals surface area (Å²) in [5.74, 6) is 0.0852. The fourth-order valence-corrected chi connectivity index (χ4v) is 3.02. The van der Waals surface area contributed by atoms with E-state index in [0.29, 0.717) is 38.4 Å². The second-order valence-electron chi connectivity index (χ2n) is 5.95. The molecular weight excluding hydrogens is 385 g/mol. The van der Waals surface area contributed by atoms with Crippen LogP contribution in [0.25, 0.3) is 22.7 Å². The maximum absolute atomic E-state index is 12.6. The van der Waals surface area contributed by atoms with Crippen molar-refractivity contribution in [3.8, 4) is 11.5 Å². The Hall–Kier alpha value is -2.89. The normalized spacial score (nSPS) is 10.9. The van der Waals surface area contributed by atoms with Crippen LogP contribution in [0.4, 0.5) is 5.69 Å². The van der Waals surface area contributed by atoms with Crippen molar-refractivity contribution in [1.82, 2.24) is 9.97 Å². The van der Waals surface area contributed by atoms with Crippen molar-refractivity contribution in [2.45, 2.75) is 6.92 Å². The van der Waals surface area contributed by atoms with Gasteiger partial charge in [0, 0.05) is 22.5 Å². The molecule has 0 atom stereocenters. The number of carbonyl (C=O) groups is 1. The maximum atomic E-state index is 12.6. The fraction of sp³-hybridized carbons (Fsp3) is 0.0500. The Balaban J connectivity index is 1.68. The lowest BCUT2D eigenvalue weighted by atomic mass is 10.1. The summed E-state index contributed by atoms with van der Waals surface area (Å²) in [5.41, 5.74) is 3.68. The number of carbonyl (C=O) groups excluding carboxylic acids is 1. The van der Waals surface area contributed by atoms with E-state index in [9.17, 15) is 4.79 Å².